The molecule has 1 amide bonds. The first-order valence-electron chi connectivity index (χ1n) is 9.01. The highest BCUT2D eigenvalue weighted by atomic mass is 32.2. The predicted octanol–water partition coefficient (Wildman–Crippen LogP) is 3.05. The van der Waals surface area contributed by atoms with Gasteiger partial charge in [-0.1, -0.05) is 19.9 Å². The van der Waals surface area contributed by atoms with E-state index in [-0.39, 0.29) is 5.41 Å². The third-order valence-electron chi connectivity index (χ3n) is 4.25. The summed E-state index contributed by atoms with van der Waals surface area (Å²) in [6.07, 6.45) is 6.00. The fourth-order valence-corrected chi connectivity index (χ4v) is 3.79. The Hall–Kier alpha value is -1.83. The minimum Gasteiger partial charge on any atom is -0.327 e. The molecule has 0 spiro atoms. The van der Waals surface area contributed by atoms with E-state index in [4.69, 9.17) is 10.2 Å². The molecular formula is C20H30N4O2S. The number of aromatic nitrogens is 2. The number of rotatable bonds is 9. The first kappa shape index (κ1) is 21.5. The second kappa shape index (κ2) is 9.39. The molecule has 1 heterocycles. The molecule has 0 saturated heterocycles. The van der Waals surface area contributed by atoms with Crippen molar-refractivity contribution in [3.8, 4) is 0 Å². The standard InChI is InChI=1S/C20H30N4O2S/c1-20(2,13-23(3)4)14-24-17-8-6-15(7-9-19(25)22-26)12-16(17)21-18(24)10-11-27-5/h6-9,12,26H,10-11,13-14H2,1-5H3,(H,22,25). The van der Waals surface area contributed by atoms with Gasteiger partial charge in [-0.05, 0) is 49.5 Å². The van der Waals surface area contributed by atoms with Crippen LogP contribution in [-0.4, -0.2) is 58.2 Å². The monoisotopic (exact) mass is 390 g/mol. The number of thioether (sulfide) groups is 1. The average molecular weight is 391 g/mol. The van der Waals surface area contributed by atoms with Crippen LogP contribution in [0.1, 0.15) is 25.2 Å². The van der Waals surface area contributed by atoms with Crippen molar-refractivity contribution in [3.63, 3.8) is 0 Å². The fraction of sp³-hybridized carbons (Fsp3) is 0.500. The summed E-state index contributed by atoms with van der Waals surface area (Å²) in [6, 6.07) is 6.01. The Bertz CT molecular complexity index is 812. The van der Waals surface area contributed by atoms with E-state index in [1.165, 1.54) is 6.08 Å². The molecule has 0 aliphatic heterocycles. The van der Waals surface area contributed by atoms with E-state index in [1.54, 1.807) is 11.6 Å². The zero-order chi connectivity index (χ0) is 20.0. The number of carbonyl (C=O) groups excluding carboxylic acids is 1. The summed E-state index contributed by atoms with van der Waals surface area (Å²) in [7, 11) is 4.20. The Morgan fingerprint density at radius 1 is 1.41 bits per heavy atom. The van der Waals surface area contributed by atoms with E-state index in [9.17, 15) is 4.79 Å². The van der Waals surface area contributed by atoms with Crippen LogP contribution in [-0.2, 0) is 17.8 Å². The molecule has 0 aliphatic carbocycles. The number of carbonyl (C=O) groups is 1. The molecule has 1 aromatic carbocycles. The fourth-order valence-electron chi connectivity index (χ4n) is 3.40. The molecule has 27 heavy (non-hydrogen) atoms. The van der Waals surface area contributed by atoms with Gasteiger partial charge >= 0.3 is 0 Å². The van der Waals surface area contributed by atoms with E-state index >= 15 is 0 Å². The molecule has 7 heteroatoms. The number of hydroxylamine groups is 1. The van der Waals surface area contributed by atoms with Gasteiger partial charge in [0.05, 0.1) is 11.0 Å². The summed E-state index contributed by atoms with van der Waals surface area (Å²) >= 11 is 1.82. The number of aryl methyl sites for hydroxylation is 1. The summed E-state index contributed by atoms with van der Waals surface area (Å²) in [5, 5.41) is 8.61. The molecule has 0 atom stereocenters. The lowest BCUT2D eigenvalue weighted by Gasteiger charge is -2.29. The summed E-state index contributed by atoms with van der Waals surface area (Å²) < 4.78 is 2.34. The van der Waals surface area contributed by atoms with Crippen LogP contribution in [0.15, 0.2) is 24.3 Å². The molecule has 2 aromatic rings. The van der Waals surface area contributed by atoms with Crippen LogP contribution >= 0.6 is 11.8 Å². The van der Waals surface area contributed by atoms with E-state index in [0.29, 0.717) is 0 Å². The smallest absolute Gasteiger partial charge is 0.267 e. The first-order valence-corrected chi connectivity index (χ1v) is 10.4. The van der Waals surface area contributed by atoms with Gasteiger partial charge in [0.15, 0.2) is 0 Å². The van der Waals surface area contributed by atoms with Crippen LogP contribution in [0, 0.1) is 5.41 Å². The van der Waals surface area contributed by atoms with Gasteiger partial charge in [-0.15, -0.1) is 0 Å². The van der Waals surface area contributed by atoms with Crippen molar-refractivity contribution in [1.82, 2.24) is 19.9 Å². The molecule has 0 bridgehead atoms. The highest BCUT2D eigenvalue weighted by Gasteiger charge is 2.23. The minimum absolute atomic E-state index is 0.114. The highest BCUT2D eigenvalue weighted by molar-refractivity contribution is 7.98. The number of imidazole rings is 1. The zero-order valence-corrected chi connectivity index (χ0v) is 17.6. The molecule has 0 radical (unpaired) electrons. The lowest BCUT2D eigenvalue weighted by Crippen LogP contribution is -2.32. The van der Waals surface area contributed by atoms with Crippen molar-refractivity contribution in [1.29, 1.82) is 0 Å². The Morgan fingerprint density at radius 3 is 2.78 bits per heavy atom. The molecule has 1 aromatic heterocycles. The summed E-state index contributed by atoms with van der Waals surface area (Å²) in [5.41, 5.74) is 4.63. The summed E-state index contributed by atoms with van der Waals surface area (Å²) in [4.78, 5) is 18.3. The van der Waals surface area contributed by atoms with E-state index in [1.807, 2.05) is 23.9 Å². The third-order valence-corrected chi connectivity index (χ3v) is 4.86. The van der Waals surface area contributed by atoms with Gasteiger partial charge in [-0.2, -0.15) is 11.8 Å². The van der Waals surface area contributed by atoms with Crippen LogP contribution in [0.4, 0.5) is 0 Å². The van der Waals surface area contributed by atoms with Gasteiger partial charge in [-0.3, -0.25) is 10.0 Å². The molecular weight excluding hydrogens is 360 g/mol. The van der Waals surface area contributed by atoms with Gasteiger partial charge < -0.3 is 9.47 Å². The Morgan fingerprint density at radius 2 is 2.15 bits per heavy atom. The van der Waals surface area contributed by atoms with Crippen LogP contribution in [0.3, 0.4) is 0 Å². The van der Waals surface area contributed by atoms with Crippen molar-refractivity contribution < 1.29 is 10.0 Å². The predicted molar refractivity (Wildman–Crippen MR) is 113 cm³/mol. The SMILES string of the molecule is CSCCc1nc2cc(C=CC(=O)NO)ccc2n1CC(C)(C)CN(C)C. The molecule has 2 N–H and O–H groups in total. The number of hydrogen-bond acceptors (Lipinski definition) is 5. The highest BCUT2D eigenvalue weighted by Crippen LogP contribution is 2.26. The van der Waals surface area contributed by atoms with Crippen molar-refractivity contribution in [2.24, 2.45) is 5.41 Å². The third kappa shape index (κ3) is 6.09. The topological polar surface area (TPSA) is 70.4 Å². The summed E-state index contributed by atoms with van der Waals surface area (Å²) in [6.45, 7) is 6.45. The van der Waals surface area contributed by atoms with Crippen molar-refractivity contribution >= 4 is 34.8 Å². The lowest BCUT2D eigenvalue weighted by molar-refractivity contribution is -0.124. The minimum atomic E-state index is -0.549. The largest absolute Gasteiger partial charge is 0.327 e. The average Bonchev–Trinajstić information content (AvgIpc) is 2.92. The number of nitrogens with zero attached hydrogens (tertiary/aromatic N) is 3. The lowest BCUT2D eigenvalue weighted by atomic mass is 9.92. The zero-order valence-electron chi connectivity index (χ0n) is 16.8. The van der Waals surface area contributed by atoms with Gasteiger partial charge in [0.1, 0.15) is 5.82 Å². The van der Waals surface area contributed by atoms with Crippen molar-refractivity contribution in [3.05, 3.63) is 35.7 Å². The maximum absolute atomic E-state index is 11.2. The Balaban J connectivity index is 2.40. The molecule has 0 unspecified atom stereocenters. The van der Waals surface area contributed by atoms with Gasteiger partial charge in [0, 0.05) is 31.3 Å². The Labute approximate surface area is 165 Å². The summed E-state index contributed by atoms with van der Waals surface area (Å²) in [5.74, 6) is 1.58. The quantitative estimate of drug-likeness (QED) is 0.391. The number of amides is 1. The van der Waals surface area contributed by atoms with Crippen LogP contribution in [0.5, 0.6) is 0 Å². The van der Waals surface area contributed by atoms with Crippen LogP contribution in [0.2, 0.25) is 0 Å². The molecule has 2 rings (SSSR count). The maximum Gasteiger partial charge on any atom is 0.267 e. The van der Waals surface area contributed by atoms with Crippen molar-refractivity contribution in [2.75, 3.05) is 32.6 Å². The van der Waals surface area contributed by atoms with Gasteiger partial charge in [0.25, 0.3) is 5.91 Å². The molecule has 148 valence electrons. The van der Waals surface area contributed by atoms with E-state index in [2.05, 4.69) is 49.7 Å². The Kier molecular flexibility index (Phi) is 7.47. The second-order valence-electron chi connectivity index (χ2n) is 7.82. The van der Waals surface area contributed by atoms with Crippen LogP contribution < -0.4 is 5.48 Å². The number of hydrogen-bond donors (Lipinski definition) is 2. The van der Waals surface area contributed by atoms with Gasteiger partial charge in [0.2, 0.25) is 0 Å². The maximum atomic E-state index is 11.2. The molecule has 0 fully saturated rings. The molecule has 0 aliphatic rings. The molecule has 6 nitrogen and oxygen atoms in total. The van der Waals surface area contributed by atoms with Crippen LogP contribution in [0.25, 0.3) is 17.1 Å². The normalized spacial score (nSPS) is 12.4. The van der Waals surface area contributed by atoms with E-state index < -0.39 is 5.91 Å². The van der Waals surface area contributed by atoms with E-state index in [0.717, 1.165) is 47.7 Å². The first-order chi connectivity index (χ1) is 12.8. The number of nitrogens with one attached hydrogen (secondary N) is 1. The van der Waals surface area contributed by atoms with Gasteiger partial charge in [-0.25, -0.2) is 10.5 Å². The second-order valence-corrected chi connectivity index (χ2v) is 8.80. The number of benzene rings is 1. The number of fused-ring (bicyclic) bond motifs is 1. The van der Waals surface area contributed by atoms with Crippen molar-refractivity contribution in [2.45, 2.75) is 26.8 Å². The molecule has 0 saturated carbocycles.